The summed E-state index contributed by atoms with van der Waals surface area (Å²) in [5.41, 5.74) is 2.48. The Balaban J connectivity index is 1.61. The maximum Gasteiger partial charge on any atom is 0.102 e. The zero-order chi connectivity index (χ0) is 16.3. The van der Waals surface area contributed by atoms with Crippen LogP contribution in [0, 0.1) is 5.92 Å². The fraction of sp³-hybridized carbons (Fsp3) is 0.737. The summed E-state index contributed by atoms with van der Waals surface area (Å²) < 4.78 is 6.72. The van der Waals surface area contributed by atoms with E-state index >= 15 is 0 Å². The van der Waals surface area contributed by atoms with Gasteiger partial charge in [-0.25, -0.2) is 0 Å². The molecule has 3 heterocycles. The number of morpholine rings is 1. The van der Waals surface area contributed by atoms with Crippen molar-refractivity contribution in [2.45, 2.75) is 32.6 Å². The van der Waals surface area contributed by atoms with Crippen LogP contribution in [0.3, 0.4) is 0 Å². The van der Waals surface area contributed by atoms with Crippen LogP contribution in [0.1, 0.15) is 38.3 Å². The number of hydrogen-bond donors (Lipinski definition) is 0. The Morgan fingerprint density at radius 2 is 2.09 bits per heavy atom. The lowest BCUT2D eigenvalue weighted by Crippen LogP contribution is -2.55. The SMILES string of the molecule is CC(C)c1ccc(N2CCCC(C[N+]3(C)CCOCC3)C2)cn1. The van der Waals surface area contributed by atoms with Crippen molar-refractivity contribution >= 4 is 5.69 Å². The average Bonchev–Trinajstić information content (AvgIpc) is 2.55. The summed E-state index contributed by atoms with van der Waals surface area (Å²) in [5, 5.41) is 0. The van der Waals surface area contributed by atoms with E-state index in [0.29, 0.717) is 5.92 Å². The molecule has 0 amide bonds. The molecule has 0 N–H and O–H groups in total. The molecule has 0 aromatic carbocycles. The predicted octanol–water partition coefficient (Wildman–Crippen LogP) is 2.90. The van der Waals surface area contributed by atoms with Crippen LogP contribution in [0.15, 0.2) is 18.3 Å². The Kier molecular flexibility index (Phi) is 5.22. The molecule has 4 nitrogen and oxygen atoms in total. The largest absolute Gasteiger partial charge is 0.370 e. The highest BCUT2D eigenvalue weighted by molar-refractivity contribution is 5.45. The maximum atomic E-state index is 5.54. The molecule has 0 aliphatic carbocycles. The van der Waals surface area contributed by atoms with Crippen molar-refractivity contribution < 1.29 is 9.22 Å². The minimum Gasteiger partial charge on any atom is -0.370 e. The van der Waals surface area contributed by atoms with E-state index in [2.05, 4.69) is 49.1 Å². The summed E-state index contributed by atoms with van der Waals surface area (Å²) in [6.45, 7) is 12.2. The zero-order valence-corrected chi connectivity index (χ0v) is 15.0. The quantitative estimate of drug-likeness (QED) is 0.798. The van der Waals surface area contributed by atoms with Crippen LogP contribution in [0.5, 0.6) is 0 Å². The van der Waals surface area contributed by atoms with Gasteiger partial charge in [0.05, 0.1) is 38.7 Å². The van der Waals surface area contributed by atoms with Gasteiger partial charge in [-0.2, -0.15) is 0 Å². The molecular weight excluding hydrogens is 286 g/mol. The Labute approximate surface area is 141 Å². The van der Waals surface area contributed by atoms with E-state index in [1.165, 1.54) is 61.4 Å². The molecule has 23 heavy (non-hydrogen) atoms. The number of piperidine rings is 1. The molecule has 0 spiro atoms. The van der Waals surface area contributed by atoms with Gasteiger partial charge in [-0.1, -0.05) is 13.8 Å². The predicted molar refractivity (Wildman–Crippen MR) is 94.9 cm³/mol. The minimum atomic E-state index is 0.504. The van der Waals surface area contributed by atoms with Crippen LogP contribution in [0.25, 0.3) is 0 Å². The third-order valence-corrected chi connectivity index (χ3v) is 5.50. The molecular formula is C19H32N3O+. The first kappa shape index (κ1) is 16.7. The number of rotatable bonds is 4. The van der Waals surface area contributed by atoms with E-state index < -0.39 is 0 Å². The highest BCUT2D eigenvalue weighted by Crippen LogP contribution is 2.26. The Morgan fingerprint density at radius 1 is 1.30 bits per heavy atom. The summed E-state index contributed by atoms with van der Waals surface area (Å²) in [4.78, 5) is 7.19. The van der Waals surface area contributed by atoms with Crippen molar-refractivity contribution in [3.8, 4) is 0 Å². The van der Waals surface area contributed by atoms with Crippen molar-refractivity contribution in [3.63, 3.8) is 0 Å². The van der Waals surface area contributed by atoms with Gasteiger partial charge < -0.3 is 14.1 Å². The molecule has 0 radical (unpaired) electrons. The summed E-state index contributed by atoms with van der Waals surface area (Å²) in [5.74, 6) is 1.29. The van der Waals surface area contributed by atoms with E-state index in [-0.39, 0.29) is 0 Å². The Morgan fingerprint density at radius 3 is 2.74 bits per heavy atom. The van der Waals surface area contributed by atoms with Crippen molar-refractivity contribution in [1.82, 2.24) is 4.98 Å². The number of hydrogen-bond acceptors (Lipinski definition) is 3. The highest BCUT2D eigenvalue weighted by Gasteiger charge is 2.31. The summed E-state index contributed by atoms with van der Waals surface area (Å²) in [7, 11) is 2.40. The second-order valence-corrected chi connectivity index (χ2v) is 7.91. The van der Waals surface area contributed by atoms with Gasteiger partial charge in [-0.05, 0) is 30.9 Å². The van der Waals surface area contributed by atoms with Crippen LogP contribution in [-0.2, 0) is 4.74 Å². The number of quaternary nitrogens is 1. The molecule has 0 saturated carbocycles. The lowest BCUT2D eigenvalue weighted by molar-refractivity contribution is -0.919. The topological polar surface area (TPSA) is 25.4 Å². The third kappa shape index (κ3) is 4.24. The Hall–Kier alpha value is -1.13. The molecule has 2 saturated heterocycles. The van der Waals surface area contributed by atoms with E-state index in [9.17, 15) is 0 Å². The van der Waals surface area contributed by atoms with Crippen LogP contribution < -0.4 is 4.90 Å². The Bertz CT molecular complexity index is 494. The lowest BCUT2D eigenvalue weighted by Gasteiger charge is -2.42. The van der Waals surface area contributed by atoms with E-state index in [1.54, 1.807) is 0 Å². The second kappa shape index (κ2) is 7.18. The molecule has 1 aromatic rings. The normalized spacial score (nSPS) is 24.9. The van der Waals surface area contributed by atoms with Crippen LogP contribution in [0.4, 0.5) is 5.69 Å². The van der Waals surface area contributed by atoms with Crippen molar-refractivity contribution in [2.75, 3.05) is 57.9 Å². The van der Waals surface area contributed by atoms with Crippen molar-refractivity contribution in [2.24, 2.45) is 5.92 Å². The first-order chi connectivity index (χ1) is 11.1. The van der Waals surface area contributed by atoms with Gasteiger partial charge in [-0.3, -0.25) is 4.98 Å². The summed E-state index contributed by atoms with van der Waals surface area (Å²) >= 11 is 0. The van der Waals surface area contributed by atoms with Gasteiger partial charge in [0, 0.05) is 24.7 Å². The second-order valence-electron chi connectivity index (χ2n) is 7.91. The molecule has 1 atom stereocenters. The van der Waals surface area contributed by atoms with E-state index in [4.69, 9.17) is 4.74 Å². The molecule has 1 aromatic heterocycles. The standard InChI is InChI=1S/C19H32N3O/c1-16(2)19-7-6-18(13-20-19)21-8-4-5-17(14-21)15-22(3)9-11-23-12-10-22/h6-7,13,16-17H,4-5,8-12,14-15H2,1-3H3/q+1. The summed E-state index contributed by atoms with van der Waals surface area (Å²) in [6, 6.07) is 4.45. The van der Waals surface area contributed by atoms with Gasteiger partial charge in [0.15, 0.2) is 0 Å². The average molecular weight is 318 g/mol. The maximum absolute atomic E-state index is 5.54. The first-order valence-electron chi connectivity index (χ1n) is 9.18. The number of ether oxygens (including phenoxy) is 1. The molecule has 128 valence electrons. The molecule has 2 aliphatic heterocycles. The van der Waals surface area contributed by atoms with E-state index in [0.717, 1.165) is 19.1 Å². The summed E-state index contributed by atoms with van der Waals surface area (Å²) in [6.07, 6.45) is 4.73. The highest BCUT2D eigenvalue weighted by atomic mass is 16.5. The van der Waals surface area contributed by atoms with Crippen LogP contribution >= 0.6 is 0 Å². The fourth-order valence-corrected chi connectivity index (χ4v) is 3.96. The fourth-order valence-electron chi connectivity index (χ4n) is 3.96. The molecule has 2 aliphatic rings. The van der Waals surface area contributed by atoms with Crippen molar-refractivity contribution in [3.05, 3.63) is 24.0 Å². The molecule has 3 rings (SSSR count). The third-order valence-electron chi connectivity index (χ3n) is 5.50. The van der Waals surface area contributed by atoms with Gasteiger partial charge in [-0.15, -0.1) is 0 Å². The molecule has 0 bridgehead atoms. The number of anilines is 1. The van der Waals surface area contributed by atoms with Gasteiger partial charge >= 0.3 is 0 Å². The molecule has 4 heteroatoms. The smallest absolute Gasteiger partial charge is 0.102 e. The van der Waals surface area contributed by atoms with Crippen LogP contribution in [0.2, 0.25) is 0 Å². The number of aromatic nitrogens is 1. The lowest BCUT2D eigenvalue weighted by atomic mass is 9.96. The number of pyridine rings is 1. The van der Waals surface area contributed by atoms with Gasteiger partial charge in [0.25, 0.3) is 0 Å². The van der Waals surface area contributed by atoms with Gasteiger partial charge in [0.1, 0.15) is 13.1 Å². The van der Waals surface area contributed by atoms with Crippen molar-refractivity contribution in [1.29, 1.82) is 0 Å². The monoisotopic (exact) mass is 318 g/mol. The van der Waals surface area contributed by atoms with Gasteiger partial charge in [0.2, 0.25) is 0 Å². The molecule has 1 unspecified atom stereocenters. The number of nitrogens with zero attached hydrogens (tertiary/aromatic N) is 3. The molecule has 2 fully saturated rings. The minimum absolute atomic E-state index is 0.504. The van der Waals surface area contributed by atoms with Crippen LogP contribution in [-0.4, -0.2) is 62.5 Å². The van der Waals surface area contributed by atoms with E-state index in [1.807, 2.05) is 0 Å². The first-order valence-corrected chi connectivity index (χ1v) is 9.18. The number of likely N-dealkylation sites (N-methyl/N-ethyl adjacent to an activating group) is 1. The zero-order valence-electron chi connectivity index (χ0n) is 15.0.